The zero-order valence-electron chi connectivity index (χ0n) is 16.7. The van der Waals surface area contributed by atoms with Gasteiger partial charge in [-0.3, -0.25) is 9.67 Å². The largest absolute Gasteiger partial charge is 0.490 e. The molecule has 6 nitrogen and oxygen atoms in total. The highest BCUT2D eigenvalue weighted by atomic mass is 16.5. The number of hydrogen-bond acceptors (Lipinski definition) is 3. The molecular formula is C21H31N5O. The third-order valence-electron chi connectivity index (χ3n) is 4.93. The van der Waals surface area contributed by atoms with Crippen LogP contribution in [0, 0.1) is 13.8 Å². The minimum Gasteiger partial charge on any atom is -0.490 e. The molecule has 0 unspecified atom stereocenters. The van der Waals surface area contributed by atoms with Gasteiger partial charge in [-0.05, 0) is 38.5 Å². The fraction of sp³-hybridized carbons (Fsp3) is 0.524. The smallest absolute Gasteiger partial charge is 0.193 e. The summed E-state index contributed by atoms with van der Waals surface area (Å²) < 4.78 is 8.16. The van der Waals surface area contributed by atoms with Crippen molar-refractivity contribution in [1.82, 2.24) is 20.0 Å². The Hall–Kier alpha value is -2.50. The molecule has 2 aromatic rings. The van der Waals surface area contributed by atoms with Gasteiger partial charge in [0.25, 0.3) is 0 Å². The molecule has 1 aliphatic rings. The molecule has 0 atom stereocenters. The number of benzene rings is 1. The Morgan fingerprint density at radius 3 is 2.59 bits per heavy atom. The van der Waals surface area contributed by atoms with Crippen LogP contribution in [0.15, 0.2) is 41.4 Å². The fourth-order valence-electron chi connectivity index (χ4n) is 3.54. The van der Waals surface area contributed by atoms with Gasteiger partial charge in [0.1, 0.15) is 11.9 Å². The molecule has 0 bridgehead atoms. The van der Waals surface area contributed by atoms with Crippen molar-refractivity contribution in [2.24, 2.45) is 4.99 Å². The van der Waals surface area contributed by atoms with Crippen LogP contribution in [0.3, 0.4) is 0 Å². The lowest BCUT2D eigenvalue weighted by Gasteiger charge is -2.34. The monoisotopic (exact) mass is 369 g/mol. The third kappa shape index (κ3) is 5.49. The summed E-state index contributed by atoms with van der Waals surface area (Å²) in [6, 6.07) is 12.2. The lowest BCUT2D eigenvalue weighted by atomic mass is 10.1. The van der Waals surface area contributed by atoms with E-state index in [4.69, 9.17) is 4.74 Å². The number of hydrogen-bond donors (Lipinski definition) is 1. The maximum atomic E-state index is 6.08. The van der Waals surface area contributed by atoms with E-state index in [1.165, 1.54) is 5.69 Å². The first-order chi connectivity index (χ1) is 13.2. The number of nitrogens with one attached hydrogen (secondary N) is 1. The van der Waals surface area contributed by atoms with Crippen molar-refractivity contribution in [2.45, 2.75) is 45.8 Å². The maximum Gasteiger partial charge on any atom is 0.193 e. The van der Waals surface area contributed by atoms with Crippen LogP contribution in [-0.4, -0.2) is 53.4 Å². The Kier molecular flexibility index (Phi) is 6.74. The number of aryl methyl sites for hydroxylation is 3. The average Bonchev–Trinajstić information content (AvgIpc) is 3.01. The first kappa shape index (κ1) is 19.3. The SMILES string of the molecule is CN=C(NCCCn1nc(C)cc1C)N1CCC(Oc2ccccc2)CC1. The van der Waals surface area contributed by atoms with Gasteiger partial charge in [-0.2, -0.15) is 5.10 Å². The number of guanidine groups is 1. The number of para-hydroxylation sites is 1. The summed E-state index contributed by atoms with van der Waals surface area (Å²) in [5.41, 5.74) is 2.30. The molecule has 27 heavy (non-hydrogen) atoms. The van der Waals surface area contributed by atoms with E-state index in [-0.39, 0.29) is 6.10 Å². The Labute approximate surface area is 162 Å². The normalized spacial score (nSPS) is 15.8. The number of aliphatic imine (C=N–C) groups is 1. The second-order valence-electron chi connectivity index (χ2n) is 7.10. The van der Waals surface area contributed by atoms with Gasteiger partial charge >= 0.3 is 0 Å². The van der Waals surface area contributed by atoms with Crippen LogP contribution in [-0.2, 0) is 6.54 Å². The molecule has 1 aromatic carbocycles. The number of likely N-dealkylation sites (tertiary alicyclic amines) is 1. The summed E-state index contributed by atoms with van der Waals surface area (Å²) >= 11 is 0. The van der Waals surface area contributed by atoms with Gasteiger partial charge in [-0.15, -0.1) is 0 Å². The maximum absolute atomic E-state index is 6.08. The lowest BCUT2D eigenvalue weighted by molar-refractivity contribution is 0.129. The van der Waals surface area contributed by atoms with Crippen molar-refractivity contribution in [3.63, 3.8) is 0 Å². The van der Waals surface area contributed by atoms with E-state index in [0.717, 1.165) is 62.8 Å². The highest BCUT2D eigenvalue weighted by Crippen LogP contribution is 2.18. The van der Waals surface area contributed by atoms with E-state index < -0.39 is 0 Å². The van der Waals surface area contributed by atoms with Crippen molar-refractivity contribution in [1.29, 1.82) is 0 Å². The summed E-state index contributed by atoms with van der Waals surface area (Å²) in [6.45, 7) is 7.90. The second-order valence-corrected chi connectivity index (χ2v) is 7.10. The molecule has 1 aromatic heterocycles. The summed E-state index contributed by atoms with van der Waals surface area (Å²) in [5.74, 6) is 1.95. The Balaban J connectivity index is 1.39. The third-order valence-corrected chi connectivity index (χ3v) is 4.93. The van der Waals surface area contributed by atoms with Crippen molar-refractivity contribution < 1.29 is 4.74 Å². The second kappa shape index (κ2) is 9.44. The van der Waals surface area contributed by atoms with Gasteiger partial charge < -0.3 is 15.0 Å². The summed E-state index contributed by atoms with van der Waals surface area (Å²) in [4.78, 5) is 6.78. The van der Waals surface area contributed by atoms with Crippen LogP contribution in [0.5, 0.6) is 5.75 Å². The predicted octanol–water partition coefficient (Wildman–Crippen LogP) is 3.01. The molecule has 1 aliphatic heterocycles. The van der Waals surface area contributed by atoms with Crippen LogP contribution >= 0.6 is 0 Å². The Bertz CT molecular complexity index is 732. The van der Waals surface area contributed by atoms with Crippen molar-refractivity contribution in [3.05, 3.63) is 47.8 Å². The van der Waals surface area contributed by atoms with E-state index in [2.05, 4.69) is 38.0 Å². The molecule has 3 rings (SSSR count). The summed E-state index contributed by atoms with van der Waals surface area (Å²) in [7, 11) is 1.86. The first-order valence-corrected chi connectivity index (χ1v) is 9.84. The molecule has 1 fully saturated rings. The molecule has 6 heteroatoms. The zero-order valence-corrected chi connectivity index (χ0v) is 16.7. The number of piperidine rings is 1. The molecule has 1 N–H and O–H groups in total. The minimum atomic E-state index is 0.285. The van der Waals surface area contributed by atoms with Crippen LogP contribution in [0.1, 0.15) is 30.7 Å². The first-order valence-electron chi connectivity index (χ1n) is 9.84. The molecule has 146 valence electrons. The average molecular weight is 370 g/mol. The van der Waals surface area contributed by atoms with Gasteiger partial charge in [0.05, 0.1) is 5.69 Å². The van der Waals surface area contributed by atoms with E-state index in [0.29, 0.717) is 0 Å². The molecule has 0 saturated carbocycles. The van der Waals surface area contributed by atoms with Crippen LogP contribution in [0.4, 0.5) is 0 Å². The van der Waals surface area contributed by atoms with Crippen LogP contribution in [0.2, 0.25) is 0 Å². The molecule has 0 radical (unpaired) electrons. The van der Waals surface area contributed by atoms with Gasteiger partial charge in [0, 0.05) is 51.8 Å². The minimum absolute atomic E-state index is 0.285. The molecule has 0 amide bonds. The van der Waals surface area contributed by atoms with Gasteiger partial charge in [-0.25, -0.2) is 0 Å². The Morgan fingerprint density at radius 2 is 1.96 bits per heavy atom. The van der Waals surface area contributed by atoms with Gasteiger partial charge in [-0.1, -0.05) is 18.2 Å². The number of ether oxygens (including phenoxy) is 1. The highest BCUT2D eigenvalue weighted by Gasteiger charge is 2.22. The molecule has 0 aliphatic carbocycles. The van der Waals surface area contributed by atoms with Crippen molar-refractivity contribution in [2.75, 3.05) is 26.7 Å². The van der Waals surface area contributed by atoms with E-state index in [1.54, 1.807) is 0 Å². The predicted molar refractivity (Wildman–Crippen MR) is 109 cm³/mol. The van der Waals surface area contributed by atoms with E-state index in [1.807, 2.05) is 44.3 Å². The quantitative estimate of drug-likeness (QED) is 0.483. The van der Waals surface area contributed by atoms with Crippen molar-refractivity contribution >= 4 is 5.96 Å². The number of aromatic nitrogens is 2. The van der Waals surface area contributed by atoms with Crippen LogP contribution < -0.4 is 10.1 Å². The molecule has 1 saturated heterocycles. The van der Waals surface area contributed by atoms with E-state index in [9.17, 15) is 0 Å². The number of nitrogens with zero attached hydrogens (tertiary/aromatic N) is 4. The van der Waals surface area contributed by atoms with Gasteiger partial charge in [0.2, 0.25) is 0 Å². The standard InChI is InChI=1S/C21H31N5O/c1-17-16-18(2)26(24-17)13-7-12-23-21(22-3)25-14-10-20(11-15-25)27-19-8-5-4-6-9-19/h4-6,8-9,16,20H,7,10-15H2,1-3H3,(H,22,23). The topological polar surface area (TPSA) is 54.7 Å². The van der Waals surface area contributed by atoms with Crippen molar-refractivity contribution in [3.8, 4) is 5.75 Å². The molecule has 0 spiro atoms. The molecule has 2 heterocycles. The summed E-state index contributed by atoms with van der Waals surface area (Å²) in [5, 5.41) is 8.01. The Morgan fingerprint density at radius 1 is 1.22 bits per heavy atom. The van der Waals surface area contributed by atoms with E-state index >= 15 is 0 Å². The molecular weight excluding hydrogens is 338 g/mol. The lowest BCUT2D eigenvalue weighted by Crippen LogP contribution is -2.47. The summed E-state index contributed by atoms with van der Waals surface area (Å²) in [6.07, 6.45) is 3.34. The number of rotatable bonds is 6. The fourth-order valence-corrected chi connectivity index (χ4v) is 3.54. The highest BCUT2D eigenvalue weighted by molar-refractivity contribution is 5.79. The zero-order chi connectivity index (χ0) is 19.1. The van der Waals surface area contributed by atoms with Gasteiger partial charge in [0.15, 0.2) is 5.96 Å². The van der Waals surface area contributed by atoms with Crippen LogP contribution in [0.25, 0.3) is 0 Å².